The fourth-order valence-electron chi connectivity index (χ4n) is 1.68. The molecule has 0 spiro atoms. The minimum atomic E-state index is 0.0513. The minimum absolute atomic E-state index is 0.0513. The van der Waals surface area contributed by atoms with Crippen molar-refractivity contribution in [3.05, 3.63) is 31.8 Å². The van der Waals surface area contributed by atoms with Crippen LogP contribution in [0, 0.1) is 9.49 Å². The Morgan fingerprint density at radius 3 is 2.88 bits per heavy atom. The van der Waals surface area contributed by atoms with Crippen molar-refractivity contribution in [2.75, 3.05) is 19.7 Å². The van der Waals surface area contributed by atoms with Crippen LogP contribution >= 0.6 is 38.5 Å². The van der Waals surface area contributed by atoms with Gasteiger partial charge in [-0.25, -0.2) is 0 Å². The molecule has 0 aromatic heterocycles. The number of hydrogen-bond donors (Lipinski definition) is 1. The number of carbonyl (C=O) groups is 1. The monoisotopic (exact) mass is 395 g/mol. The van der Waals surface area contributed by atoms with E-state index < -0.39 is 0 Å². The zero-order valence-electron chi connectivity index (χ0n) is 8.49. The second-order valence-corrected chi connectivity index (χ2v) is 5.96. The van der Waals surface area contributed by atoms with Crippen molar-refractivity contribution in [1.82, 2.24) is 4.90 Å². The van der Waals surface area contributed by atoms with Gasteiger partial charge in [0, 0.05) is 33.7 Å². The molecule has 1 aromatic carbocycles. The second kappa shape index (κ2) is 5.01. The average Bonchev–Trinajstić information content (AvgIpc) is 2.20. The molecule has 1 aliphatic rings. The first-order valence-electron chi connectivity index (χ1n) is 4.97. The molecule has 1 heterocycles. The number of benzene rings is 1. The first-order valence-corrected chi connectivity index (χ1v) is 6.84. The van der Waals surface area contributed by atoms with E-state index in [0.717, 1.165) is 13.6 Å². The lowest BCUT2D eigenvalue weighted by atomic mass is 10.00. The Balaban J connectivity index is 2.13. The van der Waals surface area contributed by atoms with E-state index in [1.165, 1.54) is 0 Å². The van der Waals surface area contributed by atoms with Crippen LogP contribution in [0.5, 0.6) is 0 Å². The van der Waals surface area contributed by atoms with Gasteiger partial charge >= 0.3 is 0 Å². The summed E-state index contributed by atoms with van der Waals surface area (Å²) in [5.74, 6) is 0.309. The van der Waals surface area contributed by atoms with Gasteiger partial charge in [-0.15, -0.1) is 0 Å². The van der Waals surface area contributed by atoms with E-state index in [4.69, 9.17) is 5.11 Å². The predicted molar refractivity (Wildman–Crippen MR) is 73.3 cm³/mol. The molecule has 1 N–H and O–H groups in total. The van der Waals surface area contributed by atoms with Gasteiger partial charge in [-0.2, -0.15) is 0 Å². The molecule has 1 fully saturated rings. The summed E-state index contributed by atoms with van der Waals surface area (Å²) in [5.41, 5.74) is 0.728. The maximum absolute atomic E-state index is 12.1. The van der Waals surface area contributed by atoms with Crippen LogP contribution in [0.1, 0.15) is 10.4 Å². The molecular formula is C11H11BrINO2. The van der Waals surface area contributed by atoms with Crippen LogP contribution in [-0.2, 0) is 0 Å². The smallest absolute Gasteiger partial charge is 0.254 e. The van der Waals surface area contributed by atoms with Crippen LogP contribution in [0.3, 0.4) is 0 Å². The third kappa shape index (κ3) is 2.41. The van der Waals surface area contributed by atoms with Gasteiger partial charge in [0.1, 0.15) is 0 Å². The average molecular weight is 396 g/mol. The van der Waals surface area contributed by atoms with Crippen molar-refractivity contribution >= 4 is 44.4 Å². The van der Waals surface area contributed by atoms with Gasteiger partial charge in [0.05, 0.1) is 5.56 Å². The predicted octanol–water partition coefficient (Wildman–Crippen LogP) is 2.12. The summed E-state index contributed by atoms with van der Waals surface area (Å²) < 4.78 is 1.87. The number of nitrogens with zero attached hydrogens (tertiary/aromatic N) is 1. The lowest BCUT2D eigenvalue weighted by molar-refractivity contribution is 0.0361. The number of aliphatic hydroxyl groups excluding tert-OH is 1. The first-order chi connectivity index (χ1) is 7.61. The highest BCUT2D eigenvalue weighted by Gasteiger charge is 2.31. The van der Waals surface area contributed by atoms with Crippen molar-refractivity contribution in [2.24, 2.45) is 5.92 Å². The molecule has 1 aromatic rings. The molecule has 5 heteroatoms. The molecule has 86 valence electrons. The molecule has 0 unspecified atom stereocenters. The molecule has 0 bridgehead atoms. The molecule has 2 rings (SSSR count). The number of halogens is 2. The zero-order chi connectivity index (χ0) is 11.7. The molecule has 0 radical (unpaired) electrons. The molecule has 1 amide bonds. The van der Waals surface area contributed by atoms with Gasteiger partial charge < -0.3 is 10.0 Å². The summed E-state index contributed by atoms with van der Waals surface area (Å²) in [5, 5.41) is 8.91. The van der Waals surface area contributed by atoms with Gasteiger partial charge in [0.2, 0.25) is 0 Å². The number of likely N-dealkylation sites (tertiary alicyclic amines) is 1. The van der Waals surface area contributed by atoms with Gasteiger partial charge in [-0.05, 0) is 40.8 Å². The number of rotatable bonds is 2. The molecule has 16 heavy (non-hydrogen) atoms. The first kappa shape index (κ1) is 12.3. The van der Waals surface area contributed by atoms with Crippen LogP contribution in [0.4, 0.5) is 0 Å². The topological polar surface area (TPSA) is 40.5 Å². The van der Waals surface area contributed by atoms with E-state index in [0.29, 0.717) is 13.1 Å². The number of carbonyl (C=O) groups excluding carboxylic acids is 1. The summed E-state index contributed by atoms with van der Waals surface area (Å²) >= 11 is 5.53. The summed E-state index contributed by atoms with van der Waals surface area (Å²) in [6.45, 7) is 1.50. The highest BCUT2D eigenvalue weighted by molar-refractivity contribution is 14.1. The van der Waals surface area contributed by atoms with Crippen LogP contribution in [0.25, 0.3) is 0 Å². The third-order valence-corrected chi connectivity index (χ3v) is 4.10. The van der Waals surface area contributed by atoms with E-state index >= 15 is 0 Å². The standard InChI is InChI=1S/C11H11BrINO2/c12-8-1-2-10(13)9(3-8)11(16)14-4-7(5-14)6-15/h1-3,7,15H,4-6H2. The Morgan fingerprint density at radius 1 is 1.56 bits per heavy atom. The van der Waals surface area contributed by atoms with Crippen molar-refractivity contribution in [3.8, 4) is 0 Å². The Hall–Kier alpha value is -0.140. The lowest BCUT2D eigenvalue weighted by Gasteiger charge is -2.38. The maximum Gasteiger partial charge on any atom is 0.254 e. The number of hydrogen-bond acceptors (Lipinski definition) is 2. The second-order valence-electron chi connectivity index (χ2n) is 3.88. The van der Waals surface area contributed by atoms with Gasteiger partial charge in [-0.1, -0.05) is 15.9 Å². The van der Waals surface area contributed by atoms with Gasteiger partial charge in [0.15, 0.2) is 0 Å². The molecule has 0 aliphatic carbocycles. The molecule has 0 saturated carbocycles. The Bertz CT molecular complexity index is 418. The quantitative estimate of drug-likeness (QED) is 0.779. The Morgan fingerprint density at radius 2 is 2.25 bits per heavy atom. The van der Waals surface area contributed by atoms with Gasteiger partial charge in [0.25, 0.3) is 5.91 Å². The van der Waals surface area contributed by atoms with E-state index in [9.17, 15) is 4.79 Å². The van der Waals surface area contributed by atoms with Crippen LogP contribution in [0.15, 0.2) is 22.7 Å². The van der Waals surface area contributed by atoms with Gasteiger partial charge in [-0.3, -0.25) is 4.79 Å². The molecule has 3 nitrogen and oxygen atoms in total. The normalized spacial score (nSPS) is 16.1. The molecule has 1 aliphatic heterocycles. The lowest BCUT2D eigenvalue weighted by Crippen LogP contribution is -2.51. The van der Waals surface area contributed by atoms with Crippen molar-refractivity contribution in [3.63, 3.8) is 0 Å². The van der Waals surface area contributed by atoms with E-state index in [-0.39, 0.29) is 18.4 Å². The summed E-state index contributed by atoms with van der Waals surface area (Å²) in [7, 11) is 0. The molecule has 0 atom stereocenters. The zero-order valence-corrected chi connectivity index (χ0v) is 12.2. The fourth-order valence-corrected chi connectivity index (χ4v) is 2.61. The highest BCUT2D eigenvalue weighted by Crippen LogP contribution is 2.23. The summed E-state index contributed by atoms with van der Waals surface area (Å²) in [4.78, 5) is 13.8. The number of aliphatic hydroxyl groups is 1. The van der Waals surface area contributed by atoms with Crippen LogP contribution < -0.4 is 0 Å². The molecular weight excluding hydrogens is 385 g/mol. The summed E-state index contributed by atoms with van der Waals surface area (Å²) in [6, 6.07) is 5.68. The van der Waals surface area contributed by atoms with E-state index in [2.05, 4.69) is 38.5 Å². The van der Waals surface area contributed by atoms with Crippen molar-refractivity contribution in [2.45, 2.75) is 0 Å². The Labute approximate surface area is 116 Å². The van der Waals surface area contributed by atoms with E-state index in [1.807, 2.05) is 18.2 Å². The maximum atomic E-state index is 12.1. The fraction of sp³-hybridized carbons (Fsp3) is 0.364. The largest absolute Gasteiger partial charge is 0.396 e. The Kier molecular flexibility index (Phi) is 3.86. The highest BCUT2D eigenvalue weighted by atomic mass is 127. The minimum Gasteiger partial charge on any atom is -0.396 e. The van der Waals surface area contributed by atoms with Crippen LogP contribution in [0.2, 0.25) is 0 Å². The van der Waals surface area contributed by atoms with Crippen molar-refractivity contribution < 1.29 is 9.90 Å². The SMILES string of the molecule is O=C(c1cc(Br)ccc1I)N1CC(CO)C1. The third-order valence-electron chi connectivity index (χ3n) is 2.66. The van der Waals surface area contributed by atoms with Crippen LogP contribution in [-0.4, -0.2) is 35.6 Å². The molecule has 1 saturated heterocycles. The number of amides is 1. The van der Waals surface area contributed by atoms with Crippen molar-refractivity contribution in [1.29, 1.82) is 0 Å². The van der Waals surface area contributed by atoms with E-state index in [1.54, 1.807) is 4.90 Å². The summed E-state index contributed by atoms with van der Waals surface area (Å²) in [6.07, 6.45) is 0.